The summed E-state index contributed by atoms with van der Waals surface area (Å²) in [5.41, 5.74) is 1.62. The van der Waals surface area contributed by atoms with E-state index in [1.54, 1.807) is 5.57 Å². The summed E-state index contributed by atoms with van der Waals surface area (Å²) in [7, 11) is 4.28. The minimum absolute atomic E-state index is 0.210. The lowest BCUT2D eigenvalue weighted by Gasteiger charge is -2.19. The van der Waals surface area contributed by atoms with Gasteiger partial charge in [0.15, 0.2) is 0 Å². The number of nitrogens with zero attached hydrogens (tertiary/aromatic N) is 1. The van der Waals surface area contributed by atoms with E-state index < -0.39 is 0 Å². The first-order valence-electron chi connectivity index (χ1n) is 10.9. The standard InChI is InChI=1S/C23H39NO2/c1-24(2)13-7-3-4-8-17-14-19-16-23(26)20(21(19)15-17)11-12-22(25)18-9-5-6-10-18/h8,11-12,18-23,25-26H,3-7,9-10,13-16H2,1-2H3/b12-11+,17-8+/t19-,20+,21-,22+,23+/m0/s1. The summed E-state index contributed by atoms with van der Waals surface area (Å²) < 4.78 is 0. The maximum Gasteiger partial charge on any atom is 0.0749 e. The summed E-state index contributed by atoms with van der Waals surface area (Å²) in [5.74, 6) is 1.93. The summed E-state index contributed by atoms with van der Waals surface area (Å²) in [6.45, 7) is 1.18. The van der Waals surface area contributed by atoms with Crippen LogP contribution in [0.15, 0.2) is 23.8 Å². The van der Waals surface area contributed by atoms with Crippen molar-refractivity contribution in [3.8, 4) is 0 Å². The van der Waals surface area contributed by atoms with Crippen LogP contribution >= 0.6 is 0 Å². The van der Waals surface area contributed by atoms with Gasteiger partial charge in [-0.2, -0.15) is 0 Å². The molecule has 3 saturated carbocycles. The predicted octanol–water partition coefficient (Wildman–Crippen LogP) is 4.16. The zero-order valence-electron chi connectivity index (χ0n) is 16.8. The van der Waals surface area contributed by atoms with Gasteiger partial charge in [-0.15, -0.1) is 0 Å². The number of hydrogen-bond donors (Lipinski definition) is 2. The molecule has 3 rings (SSSR count). The van der Waals surface area contributed by atoms with Crippen molar-refractivity contribution < 1.29 is 10.2 Å². The van der Waals surface area contributed by atoms with Crippen LogP contribution in [0.5, 0.6) is 0 Å². The molecule has 5 atom stereocenters. The number of allylic oxidation sites excluding steroid dienone is 2. The Bertz CT molecular complexity index is 492. The molecule has 148 valence electrons. The summed E-state index contributed by atoms with van der Waals surface area (Å²) in [5, 5.41) is 20.9. The molecule has 3 aliphatic carbocycles. The number of fused-ring (bicyclic) bond motifs is 1. The minimum atomic E-state index is -0.308. The van der Waals surface area contributed by atoms with Gasteiger partial charge >= 0.3 is 0 Å². The molecule has 0 heterocycles. The zero-order chi connectivity index (χ0) is 18.5. The molecule has 26 heavy (non-hydrogen) atoms. The van der Waals surface area contributed by atoms with Crippen LogP contribution in [0.25, 0.3) is 0 Å². The molecular formula is C23H39NO2. The Balaban J connectivity index is 1.48. The van der Waals surface area contributed by atoms with E-state index >= 15 is 0 Å². The second kappa shape index (κ2) is 9.52. The Morgan fingerprint density at radius 3 is 2.65 bits per heavy atom. The molecule has 0 aromatic carbocycles. The average molecular weight is 362 g/mol. The van der Waals surface area contributed by atoms with Crippen molar-refractivity contribution in [1.29, 1.82) is 0 Å². The molecule has 0 saturated heterocycles. The summed E-state index contributed by atoms with van der Waals surface area (Å²) >= 11 is 0. The van der Waals surface area contributed by atoms with Gasteiger partial charge in [-0.3, -0.25) is 0 Å². The van der Waals surface area contributed by atoms with E-state index in [2.05, 4.69) is 31.1 Å². The SMILES string of the molecule is CN(C)CCCC/C=C1\C[C@H]2C[C@@H](O)[C@H](/C=C/[C@@H](O)C3CCCC3)[C@H]2C1. The van der Waals surface area contributed by atoms with Crippen molar-refractivity contribution >= 4 is 0 Å². The quantitative estimate of drug-likeness (QED) is 0.504. The van der Waals surface area contributed by atoms with E-state index in [-0.39, 0.29) is 18.1 Å². The first-order chi connectivity index (χ1) is 12.5. The number of rotatable bonds is 8. The maximum atomic E-state index is 10.5. The summed E-state index contributed by atoms with van der Waals surface area (Å²) in [4.78, 5) is 2.26. The number of aliphatic hydroxyl groups is 2. The number of unbranched alkanes of at least 4 members (excludes halogenated alkanes) is 2. The van der Waals surface area contributed by atoms with Crippen molar-refractivity contribution in [2.45, 2.75) is 76.4 Å². The van der Waals surface area contributed by atoms with Crippen molar-refractivity contribution in [1.82, 2.24) is 4.90 Å². The van der Waals surface area contributed by atoms with Gasteiger partial charge in [0.05, 0.1) is 12.2 Å². The molecule has 3 nitrogen and oxygen atoms in total. The van der Waals surface area contributed by atoms with Gasteiger partial charge in [-0.05, 0) is 89.8 Å². The monoisotopic (exact) mass is 361 g/mol. The van der Waals surface area contributed by atoms with E-state index in [1.807, 2.05) is 6.08 Å². The Morgan fingerprint density at radius 1 is 1.15 bits per heavy atom. The van der Waals surface area contributed by atoms with E-state index in [4.69, 9.17) is 0 Å². The second-order valence-corrected chi connectivity index (χ2v) is 9.29. The summed E-state index contributed by atoms with van der Waals surface area (Å²) in [6, 6.07) is 0. The van der Waals surface area contributed by atoms with Crippen LogP contribution in [0.2, 0.25) is 0 Å². The zero-order valence-corrected chi connectivity index (χ0v) is 16.8. The van der Waals surface area contributed by atoms with Crippen molar-refractivity contribution in [2.24, 2.45) is 23.7 Å². The Hall–Kier alpha value is -0.640. The fourth-order valence-electron chi connectivity index (χ4n) is 5.52. The normalized spacial score (nSPS) is 35.2. The van der Waals surface area contributed by atoms with Gasteiger partial charge in [0.2, 0.25) is 0 Å². The average Bonchev–Trinajstić information content (AvgIpc) is 3.29. The first kappa shape index (κ1) is 20.1. The number of aliphatic hydroxyl groups excluding tert-OH is 2. The Morgan fingerprint density at radius 2 is 1.92 bits per heavy atom. The third-order valence-corrected chi connectivity index (χ3v) is 7.02. The fourth-order valence-corrected chi connectivity index (χ4v) is 5.52. The molecule has 2 N–H and O–H groups in total. The lowest BCUT2D eigenvalue weighted by atomic mass is 9.89. The van der Waals surface area contributed by atoms with Crippen LogP contribution in [0.1, 0.15) is 64.2 Å². The smallest absolute Gasteiger partial charge is 0.0749 e. The predicted molar refractivity (Wildman–Crippen MR) is 108 cm³/mol. The second-order valence-electron chi connectivity index (χ2n) is 9.29. The molecule has 3 heteroatoms. The highest BCUT2D eigenvalue weighted by Crippen LogP contribution is 2.50. The van der Waals surface area contributed by atoms with Crippen molar-refractivity contribution in [3.05, 3.63) is 23.8 Å². The minimum Gasteiger partial charge on any atom is -0.392 e. The third-order valence-electron chi connectivity index (χ3n) is 7.02. The largest absolute Gasteiger partial charge is 0.392 e. The summed E-state index contributed by atoms with van der Waals surface area (Å²) in [6.07, 6.45) is 18.0. The van der Waals surface area contributed by atoms with Gasteiger partial charge in [-0.25, -0.2) is 0 Å². The van der Waals surface area contributed by atoms with Gasteiger partial charge in [0.1, 0.15) is 0 Å². The molecule has 0 unspecified atom stereocenters. The molecule has 3 fully saturated rings. The van der Waals surface area contributed by atoms with Crippen molar-refractivity contribution in [3.63, 3.8) is 0 Å². The van der Waals surface area contributed by atoms with Crippen LogP contribution in [0.3, 0.4) is 0 Å². The molecule has 3 aliphatic rings. The van der Waals surface area contributed by atoms with E-state index in [9.17, 15) is 10.2 Å². The molecule has 0 aromatic heterocycles. The fraction of sp³-hybridized carbons (Fsp3) is 0.826. The molecule has 0 aliphatic heterocycles. The highest BCUT2D eigenvalue weighted by atomic mass is 16.3. The molecule has 0 amide bonds. The third kappa shape index (κ3) is 5.21. The van der Waals surface area contributed by atoms with E-state index in [0.29, 0.717) is 17.8 Å². The van der Waals surface area contributed by atoms with Gasteiger partial charge in [-0.1, -0.05) is 36.6 Å². The van der Waals surface area contributed by atoms with Crippen LogP contribution in [-0.4, -0.2) is 48.0 Å². The van der Waals surface area contributed by atoms with Gasteiger partial charge in [0, 0.05) is 5.92 Å². The topological polar surface area (TPSA) is 43.7 Å². The van der Waals surface area contributed by atoms with Crippen LogP contribution in [0.4, 0.5) is 0 Å². The molecule has 0 aromatic rings. The van der Waals surface area contributed by atoms with E-state index in [0.717, 1.165) is 25.7 Å². The van der Waals surface area contributed by atoms with E-state index in [1.165, 1.54) is 45.1 Å². The molecule has 0 bridgehead atoms. The maximum absolute atomic E-state index is 10.5. The highest BCUT2D eigenvalue weighted by Gasteiger charge is 2.45. The molecule has 0 radical (unpaired) electrons. The van der Waals surface area contributed by atoms with Gasteiger partial charge < -0.3 is 15.1 Å². The highest BCUT2D eigenvalue weighted by molar-refractivity contribution is 5.18. The van der Waals surface area contributed by atoms with Crippen molar-refractivity contribution in [2.75, 3.05) is 20.6 Å². The lowest BCUT2D eigenvalue weighted by molar-refractivity contribution is 0.135. The Labute approximate surface area is 160 Å². The van der Waals surface area contributed by atoms with Crippen LogP contribution in [-0.2, 0) is 0 Å². The first-order valence-corrected chi connectivity index (χ1v) is 10.9. The molecular weight excluding hydrogens is 322 g/mol. The Kier molecular flexibility index (Phi) is 7.36. The van der Waals surface area contributed by atoms with Crippen LogP contribution < -0.4 is 0 Å². The molecule has 0 spiro atoms. The number of hydrogen-bond acceptors (Lipinski definition) is 3. The van der Waals surface area contributed by atoms with Gasteiger partial charge in [0.25, 0.3) is 0 Å². The van der Waals surface area contributed by atoms with Crippen LogP contribution in [0, 0.1) is 23.7 Å². The lowest BCUT2D eigenvalue weighted by Crippen LogP contribution is -2.19.